The molecule has 0 aliphatic heterocycles. The summed E-state index contributed by atoms with van der Waals surface area (Å²) in [4.78, 5) is 13.6. The maximum Gasteiger partial charge on any atom is 0.251 e. The molecule has 0 spiro atoms. The largest absolute Gasteiger partial charge is 0.497 e. The molecule has 33 heavy (non-hydrogen) atoms. The molecule has 1 atom stereocenters. The number of sulfone groups is 1. The van der Waals surface area contributed by atoms with E-state index in [0.29, 0.717) is 16.2 Å². The van der Waals surface area contributed by atoms with Crippen molar-refractivity contribution in [1.82, 2.24) is 5.32 Å². The van der Waals surface area contributed by atoms with Crippen LogP contribution in [0.4, 0.5) is 0 Å². The van der Waals surface area contributed by atoms with Gasteiger partial charge in [0.05, 0.1) is 12.0 Å². The Morgan fingerprint density at radius 3 is 2.15 bits per heavy atom. The van der Waals surface area contributed by atoms with Gasteiger partial charge in [-0.2, -0.15) is 0 Å². The lowest BCUT2D eigenvalue weighted by atomic mass is 10.0. The van der Waals surface area contributed by atoms with Gasteiger partial charge in [0, 0.05) is 17.0 Å². The molecule has 5 nitrogen and oxygen atoms in total. The number of amides is 1. The fourth-order valence-corrected chi connectivity index (χ4v) is 6.28. The Kier molecular flexibility index (Phi) is 6.91. The Morgan fingerprint density at radius 1 is 0.879 bits per heavy atom. The van der Waals surface area contributed by atoms with Crippen LogP contribution < -0.4 is 10.1 Å². The number of nitrogens with one attached hydrogen (secondary N) is 1. The molecular formula is C26H23NO4S2. The van der Waals surface area contributed by atoms with E-state index >= 15 is 0 Å². The van der Waals surface area contributed by atoms with Gasteiger partial charge >= 0.3 is 0 Å². The highest BCUT2D eigenvalue weighted by molar-refractivity contribution is 7.91. The normalized spacial score (nSPS) is 12.2. The van der Waals surface area contributed by atoms with Gasteiger partial charge in [-0.25, -0.2) is 8.42 Å². The van der Waals surface area contributed by atoms with Crippen molar-refractivity contribution in [3.05, 3.63) is 107 Å². The molecule has 0 aliphatic carbocycles. The van der Waals surface area contributed by atoms with Gasteiger partial charge in [0.15, 0.2) is 9.84 Å². The van der Waals surface area contributed by atoms with Crippen molar-refractivity contribution in [3.63, 3.8) is 0 Å². The van der Waals surface area contributed by atoms with E-state index in [9.17, 15) is 13.2 Å². The first-order valence-corrected chi connectivity index (χ1v) is 12.8. The molecule has 0 aliphatic rings. The zero-order valence-electron chi connectivity index (χ0n) is 18.0. The van der Waals surface area contributed by atoms with Crippen molar-refractivity contribution in [2.24, 2.45) is 0 Å². The molecule has 0 bridgehead atoms. The summed E-state index contributed by atoms with van der Waals surface area (Å²) in [6, 6.07) is 27.0. The number of hydrogen-bond donors (Lipinski definition) is 1. The van der Waals surface area contributed by atoms with E-state index in [4.69, 9.17) is 4.74 Å². The van der Waals surface area contributed by atoms with E-state index in [2.05, 4.69) is 5.32 Å². The Labute approximate surface area is 197 Å². The minimum atomic E-state index is -3.73. The maximum atomic E-state index is 13.4. The molecule has 0 fully saturated rings. The molecule has 3 aromatic carbocycles. The van der Waals surface area contributed by atoms with Crippen molar-refractivity contribution in [3.8, 4) is 16.9 Å². The van der Waals surface area contributed by atoms with E-state index in [0.717, 1.165) is 11.1 Å². The quantitative estimate of drug-likeness (QED) is 0.370. The molecule has 4 aromatic rings. The van der Waals surface area contributed by atoms with E-state index in [1.54, 1.807) is 36.4 Å². The predicted molar refractivity (Wildman–Crippen MR) is 131 cm³/mol. The monoisotopic (exact) mass is 477 g/mol. The summed E-state index contributed by atoms with van der Waals surface area (Å²) in [5.74, 6) is 0.259. The summed E-state index contributed by atoms with van der Waals surface area (Å²) in [6.45, 7) is -0.0336. The van der Waals surface area contributed by atoms with Crippen LogP contribution in [0.2, 0.25) is 0 Å². The van der Waals surface area contributed by atoms with Crippen LogP contribution in [0.25, 0.3) is 11.1 Å². The number of hydrogen-bond acceptors (Lipinski definition) is 5. The Bertz CT molecular complexity index is 1300. The number of ether oxygens (including phenoxy) is 1. The molecule has 1 amide bonds. The van der Waals surface area contributed by atoms with Crippen molar-refractivity contribution >= 4 is 27.1 Å². The van der Waals surface area contributed by atoms with Gasteiger partial charge < -0.3 is 10.1 Å². The van der Waals surface area contributed by atoms with E-state index in [-0.39, 0.29) is 17.3 Å². The zero-order chi connectivity index (χ0) is 23.3. The summed E-state index contributed by atoms with van der Waals surface area (Å²) in [6.07, 6.45) is 0. The minimum absolute atomic E-state index is 0.0336. The molecular weight excluding hydrogens is 454 g/mol. The second-order valence-electron chi connectivity index (χ2n) is 7.38. The molecule has 7 heteroatoms. The van der Waals surface area contributed by atoms with Gasteiger partial charge in [0.2, 0.25) is 0 Å². The number of rotatable bonds is 8. The number of methoxy groups -OCH3 is 1. The molecule has 1 N–H and O–H groups in total. The second kappa shape index (κ2) is 10.0. The minimum Gasteiger partial charge on any atom is -0.497 e. The molecule has 0 unspecified atom stereocenters. The zero-order valence-corrected chi connectivity index (χ0v) is 19.6. The predicted octanol–water partition coefficient (Wildman–Crippen LogP) is 5.37. The van der Waals surface area contributed by atoms with Crippen molar-refractivity contribution in [1.29, 1.82) is 0 Å². The van der Waals surface area contributed by atoms with Crippen LogP contribution in [-0.4, -0.2) is 28.0 Å². The Morgan fingerprint density at radius 2 is 1.55 bits per heavy atom. The summed E-state index contributed by atoms with van der Waals surface area (Å²) in [7, 11) is -2.20. The molecule has 1 aromatic heterocycles. The summed E-state index contributed by atoms with van der Waals surface area (Å²) >= 11 is 1.35. The smallest absolute Gasteiger partial charge is 0.251 e. The summed E-state index contributed by atoms with van der Waals surface area (Å²) in [5.41, 5.74) is 2.54. The second-order valence-corrected chi connectivity index (χ2v) is 10.5. The fraction of sp³-hybridized carbons (Fsp3) is 0.115. The molecule has 4 rings (SSSR count). The fourth-order valence-electron chi connectivity index (χ4n) is 3.50. The number of thiophene rings is 1. The Balaban J connectivity index is 1.52. The van der Waals surface area contributed by atoms with E-state index in [1.165, 1.54) is 30.6 Å². The van der Waals surface area contributed by atoms with Crippen molar-refractivity contribution in [2.45, 2.75) is 10.1 Å². The van der Waals surface area contributed by atoms with E-state index < -0.39 is 15.1 Å². The average Bonchev–Trinajstić information content (AvgIpc) is 3.39. The highest BCUT2D eigenvalue weighted by Crippen LogP contribution is 2.32. The first-order chi connectivity index (χ1) is 16.0. The van der Waals surface area contributed by atoms with Crippen LogP contribution >= 0.6 is 11.3 Å². The number of benzene rings is 3. The van der Waals surface area contributed by atoms with Gasteiger partial charge in [-0.15, -0.1) is 11.3 Å². The van der Waals surface area contributed by atoms with Gasteiger partial charge in [0.25, 0.3) is 5.91 Å². The van der Waals surface area contributed by atoms with Crippen LogP contribution in [0.15, 0.2) is 101 Å². The molecule has 0 radical (unpaired) electrons. The van der Waals surface area contributed by atoms with Crippen LogP contribution in [0.3, 0.4) is 0 Å². The molecule has 0 saturated carbocycles. The topological polar surface area (TPSA) is 72.5 Å². The van der Waals surface area contributed by atoms with Crippen LogP contribution in [0.5, 0.6) is 5.75 Å². The van der Waals surface area contributed by atoms with Crippen LogP contribution in [0.1, 0.15) is 20.5 Å². The highest BCUT2D eigenvalue weighted by Gasteiger charge is 2.30. The average molecular weight is 478 g/mol. The van der Waals surface area contributed by atoms with Gasteiger partial charge in [-0.1, -0.05) is 48.5 Å². The first kappa shape index (κ1) is 22.8. The molecule has 1 heterocycles. The third kappa shape index (κ3) is 5.16. The SMILES string of the molecule is COc1ccc(S(=O)(=O)[C@H](CNC(=O)c2ccc(-c3ccccc3)cc2)c2cccs2)cc1. The van der Waals surface area contributed by atoms with Gasteiger partial charge in [-0.3, -0.25) is 4.79 Å². The lowest BCUT2D eigenvalue weighted by Crippen LogP contribution is -2.31. The first-order valence-electron chi connectivity index (χ1n) is 10.3. The van der Waals surface area contributed by atoms with Crippen molar-refractivity contribution in [2.75, 3.05) is 13.7 Å². The Hall–Kier alpha value is -3.42. The van der Waals surface area contributed by atoms with Crippen molar-refractivity contribution < 1.29 is 17.9 Å². The van der Waals surface area contributed by atoms with Crippen LogP contribution in [-0.2, 0) is 9.84 Å². The maximum absolute atomic E-state index is 13.4. The number of carbonyl (C=O) groups excluding carboxylic acids is 1. The standard InChI is InChI=1S/C26H23NO4S2/c1-31-22-13-15-23(16-14-22)33(29,30)25(24-8-5-17-32-24)18-27-26(28)21-11-9-20(10-12-21)19-6-3-2-4-7-19/h2-17,25H,18H2,1H3,(H,27,28)/t25-/m1/s1. The molecule has 168 valence electrons. The third-order valence-corrected chi connectivity index (χ3v) is 8.56. The number of carbonyl (C=O) groups is 1. The highest BCUT2D eigenvalue weighted by atomic mass is 32.2. The summed E-state index contributed by atoms with van der Waals surface area (Å²) in [5, 5.41) is 3.75. The lowest BCUT2D eigenvalue weighted by Gasteiger charge is -2.18. The summed E-state index contributed by atoms with van der Waals surface area (Å²) < 4.78 is 31.9. The van der Waals surface area contributed by atoms with E-state index in [1.807, 2.05) is 47.8 Å². The van der Waals surface area contributed by atoms with Crippen LogP contribution in [0, 0.1) is 0 Å². The lowest BCUT2D eigenvalue weighted by molar-refractivity contribution is 0.0954. The third-order valence-electron chi connectivity index (χ3n) is 5.33. The van der Waals surface area contributed by atoms with Gasteiger partial charge in [0.1, 0.15) is 11.0 Å². The molecule has 0 saturated heterocycles. The van der Waals surface area contributed by atoms with Gasteiger partial charge in [-0.05, 0) is 59.0 Å².